The molecule has 0 saturated carbocycles. The molecule has 5 nitrogen and oxygen atoms in total. The zero-order valence-corrected chi connectivity index (χ0v) is 5.67. The lowest BCUT2D eigenvalue weighted by atomic mass is 10.9. The SMILES string of the molecule is Nc1nn2c(O)cnc2s1. The molecule has 0 aliphatic carbocycles. The molecule has 0 spiro atoms. The molecule has 0 fully saturated rings. The minimum Gasteiger partial charge on any atom is -0.492 e. The molecule has 2 aromatic rings. The van der Waals surface area contributed by atoms with E-state index >= 15 is 0 Å². The first-order chi connectivity index (χ1) is 4.77. The van der Waals surface area contributed by atoms with Crippen molar-refractivity contribution in [2.75, 3.05) is 5.73 Å². The monoisotopic (exact) mass is 156 g/mol. The molecule has 2 aromatic heterocycles. The zero-order valence-electron chi connectivity index (χ0n) is 4.85. The van der Waals surface area contributed by atoms with Gasteiger partial charge in [-0.25, -0.2) is 4.98 Å². The first-order valence-electron chi connectivity index (χ1n) is 2.56. The average Bonchev–Trinajstić information content (AvgIpc) is 2.35. The van der Waals surface area contributed by atoms with E-state index in [1.165, 1.54) is 22.0 Å². The lowest BCUT2D eigenvalue weighted by Crippen LogP contribution is -1.86. The van der Waals surface area contributed by atoms with Crippen LogP contribution >= 0.6 is 11.3 Å². The van der Waals surface area contributed by atoms with E-state index in [1.807, 2.05) is 0 Å². The van der Waals surface area contributed by atoms with E-state index in [-0.39, 0.29) is 5.88 Å². The Morgan fingerprint density at radius 2 is 2.50 bits per heavy atom. The lowest BCUT2D eigenvalue weighted by Gasteiger charge is -1.80. The Morgan fingerprint density at radius 1 is 1.70 bits per heavy atom. The van der Waals surface area contributed by atoms with Crippen molar-refractivity contribution in [2.24, 2.45) is 0 Å². The van der Waals surface area contributed by atoms with Crippen LogP contribution in [0.3, 0.4) is 0 Å². The van der Waals surface area contributed by atoms with Gasteiger partial charge in [-0.3, -0.25) is 0 Å². The minimum atomic E-state index is 0.0166. The van der Waals surface area contributed by atoms with Crippen molar-refractivity contribution in [2.45, 2.75) is 0 Å². The number of aromatic hydroxyl groups is 1. The summed E-state index contributed by atoms with van der Waals surface area (Å²) >= 11 is 1.23. The fraction of sp³-hybridized carbons (Fsp3) is 0. The van der Waals surface area contributed by atoms with E-state index in [2.05, 4.69) is 10.1 Å². The van der Waals surface area contributed by atoms with Gasteiger partial charge in [0.15, 0.2) is 0 Å². The summed E-state index contributed by atoms with van der Waals surface area (Å²) < 4.78 is 1.29. The molecule has 3 N–H and O–H groups in total. The van der Waals surface area contributed by atoms with Crippen molar-refractivity contribution in [1.29, 1.82) is 0 Å². The van der Waals surface area contributed by atoms with Gasteiger partial charge < -0.3 is 10.8 Å². The summed E-state index contributed by atoms with van der Waals surface area (Å²) in [5.41, 5.74) is 5.34. The molecule has 0 unspecified atom stereocenters. The molecule has 52 valence electrons. The molecule has 6 heteroatoms. The molecule has 0 bridgehead atoms. The van der Waals surface area contributed by atoms with Crippen molar-refractivity contribution in [1.82, 2.24) is 14.6 Å². The number of nitrogens with two attached hydrogens (primary N) is 1. The smallest absolute Gasteiger partial charge is 0.233 e. The van der Waals surface area contributed by atoms with Crippen molar-refractivity contribution >= 4 is 21.4 Å². The number of hydrogen-bond donors (Lipinski definition) is 2. The van der Waals surface area contributed by atoms with Crippen LogP contribution in [-0.2, 0) is 0 Å². The molecule has 0 aromatic carbocycles. The first kappa shape index (κ1) is 5.48. The Morgan fingerprint density at radius 3 is 3.20 bits per heavy atom. The largest absolute Gasteiger partial charge is 0.492 e. The molecule has 10 heavy (non-hydrogen) atoms. The maximum Gasteiger partial charge on any atom is 0.233 e. The van der Waals surface area contributed by atoms with E-state index < -0.39 is 0 Å². The predicted molar refractivity (Wildman–Crippen MR) is 36.9 cm³/mol. The Balaban J connectivity index is 2.90. The summed E-state index contributed by atoms with van der Waals surface area (Å²) in [7, 11) is 0. The quantitative estimate of drug-likeness (QED) is 0.566. The maximum absolute atomic E-state index is 9.01. The van der Waals surface area contributed by atoms with Crippen molar-refractivity contribution in [3.63, 3.8) is 0 Å². The van der Waals surface area contributed by atoms with Gasteiger partial charge in [-0.2, -0.15) is 4.52 Å². The van der Waals surface area contributed by atoms with Crippen molar-refractivity contribution in [3.05, 3.63) is 6.20 Å². The standard InChI is InChI=1S/C4H4N4OS/c5-3-7-8-2(9)1-6-4(8)10-3/h1,9H,(H2,5,7). The van der Waals surface area contributed by atoms with Gasteiger partial charge in [0.05, 0.1) is 6.20 Å². The van der Waals surface area contributed by atoms with Gasteiger partial charge in [-0.1, -0.05) is 11.3 Å². The minimum absolute atomic E-state index is 0.0166. The second-order valence-electron chi connectivity index (χ2n) is 1.75. The van der Waals surface area contributed by atoms with E-state index in [4.69, 9.17) is 10.8 Å². The Bertz CT molecular complexity index is 364. The summed E-state index contributed by atoms with van der Waals surface area (Å²) in [6.07, 6.45) is 1.33. The van der Waals surface area contributed by atoms with Crippen LogP contribution in [-0.4, -0.2) is 19.7 Å². The number of nitrogens with zero attached hydrogens (tertiary/aromatic N) is 3. The van der Waals surface area contributed by atoms with Crippen molar-refractivity contribution in [3.8, 4) is 5.88 Å². The molecular weight excluding hydrogens is 152 g/mol. The molecule has 2 rings (SSSR count). The highest BCUT2D eigenvalue weighted by Crippen LogP contribution is 2.19. The number of aromatic nitrogens is 3. The van der Waals surface area contributed by atoms with Gasteiger partial charge in [0.25, 0.3) is 0 Å². The second-order valence-corrected chi connectivity index (χ2v) is 2.74. The summed E-state index contributed by atoms with van der Waals surface area (Å²) in [6.45, 7) is 0. The first-order valence-corrected chi connectivity index (χ1v) is 3.38. The maximum atomic E-state index is 9.01. The van der Waals surface area contributed by atoms with Crippen LogP contribution in [0.4, 0.5) is 5.13 Å². The molecule has 0 aliphatic heterocycles. The number of imidazole rings is 1. The lowest BCUT2D eigenvalue weighted by molar-refractivity contribution is 0.440. The number of nitrogen functional groups attached to an aromatic ring is 1. The number of hydrogen-bond acceptors (Lipinski definition) is 5. The Kier molecular flexibility index (Phi) is 0.877. The molecule has 0 radical (unpaired) electrons. The number of fused-ring (bicyclic) bond motifs is 1. The highest BCUT2D eigenvalue weighted by molar-refractivity contribution is 7.20. The van der Waals surface area contributed by atoms with Crippen LogP contribution in [0.5, 0.6) is 5.88 Å². The zero-order chi connectivity index (χ0) is 7.14. The molecule has 0 atom stereocenters. The van der Waals surface area contributed by atoms with Gasteiger partial charge in [-0.05, 0) is 0 Å². The summed E-state index contributed by atoms with van der Waals surface area (Å²) in [6, 6.07) is 0. The Labute approximate surface area is 59.7 Å². The molecule has 2 heterocycles. The summed E-state index contributed by atoms with van der Waals surface area (Å²) in [5, 5.41) is 13.2. The van der Waals surface area contributed by atoms with Crippen LogP contribution in [0, 0.1) is 0 Å². The molecule has 0 aliphatic rings. The third kappa shape index (κ3) is 0.561. The third-order valence-electron chi connectivity index (χ3n) is 1.08. The highest BCUT2D eigenvalue weighted by Gasteiger charge is 2.04. The number of rotatable bonds is 0. The van der Waals surface area contributed by atoms with Crippen LogP contribution in [0.25, 0.3) is 4.96 Å². The van der Waals surface area contributed by atoms with Crippen LogP contribution in [0.2, 0.25) is 0 Å². The van der Waals surface area contributed by atoms with E-state index in [0.717, 1.165) is 0 Å². The van der Waals surface area contributed by atoms with E-state index in [1.54, 1.807) is 0 Å². The normalized spacial score (nSPS) is 10.8. The molecular formula is C4H4N4OS. The van der Waals surface area contributed by atoms with Gasteiger partial charge in [-0.15, -0.1) is 5.10 Å². The number of anilines is 1. The van der Waals surface area contributed by atoms with Crippen molar-refractivity contribution < 1.29 is 5.11 Å². The average molecular weight is 156 g/mol. The van der Waals surface area contributed by atoms with E-state index in [0.29, 0.717) is 10.1 Å². The summed E-state index contributed by atoms with van der Waals surface area (Å²) in [5.74, 6) is 0.0166. The predicted octanol–water partition coefficient (Wildman–Crippen LogP) is 0.0786. The fourth-order valence-electron chi connectivity index (χ4n) is 0.696. The van der Waals surface area contributed by atoms with Crippen LogP contribution in [0.1, 0.15) is 0 Å². The summed E-state index contributed by atoms with van der Waals surface area (Å²) in [4.78, 5) is 4.43. The van der Waals surface area contributed by atoms with Crippen LogP contribution in [0.15, 0.2) is 6.20 Å². The second kappa shape index (κ2) is 1.60. The third-order valence-corrected chi connectivity index (χ3v) is 1.83. The van der Waals surface area contributed by atoms with Gasteiger partial charge >= 0.3 is 0 Å². The topological polar surface area (TPSA) is 76.4 Å². The van der Waals surface area contributed by atoms with Crippen LogP contribution < -0.4 is 5.73 Å². The molecule has 0 amide bonds. The van der Waals surface area contributed by atoms with Gasteiger partial charge in [0, 0.05) is 0 Å². The molecule has 0 saturated heterocycles. The van der Waals surface area contributed by atoms with Gasteiger partial charge in [0.1, 0.15) is 0 Å². The van der Waals surface area contributed by atoms with Gasteiger partial charge in [0.2, 0.25) is 16.0 Å². The fourth-order valence-corrected chi connectivity index (χ4v) is 1.33. The highest BCUT2D eigenvalue weighted by atomic mass is 32.1. The Hall–Kier alpha value is -1.30. The van der Waals surface area contributed by atoms with E-state index in [9.17, 15) is 0 Å².